The number of amides is 2. The Morgan fingerprint density at radius 1 is 1.17 bits per heavy atom. The standard InChI is InChI=1S/C17H20N2O4/c1-11-9-14(12(2)23-11)16(21)19-18-15(20)10-17(3,22)13-7-5-4-6-8-13/h4-9,22H,10H2,1-3H3,(H,18,20)(H,19,21). The van der Waals surface area contributed by atoms with E-state index in [4.69, 9.17) is 4.42 Å². The molecule has 1 aromatic carbocycles. The first-order chi connectivity index (χ1) is 10.8. The lowest BCUT2D eigenvalue weighted by atomic mass is 9.92. The number of hydrogen-bond donors (Lipinski definition) is 3. The summed E-state index contributed by atoms with van der Waals surface area (Å²) in [5.41, 5.74) is 4.29. The zero-order chi connectivity index (χ0) is 17.0. The number of furan rings is 1. The molecule has 6 nitrogen and oxygen atoms in total. The minimum absolute atomic E-state index is 0.180. The minimum atomic E-state index is -1.32. The van der Waals surface area contributed by atoms with Gasteiger partial charge >= 0.3 is 0 Å². The van der Waals surface area contributed by atoms with Gasteiger partial charge in [0.05, 0.1) is 17.6 Å². The van der Waals surface area contributed by atoms with E-state index in [-0.39, 0.29) is 6.42 Å². The summed E-state index contributed by atoms with van der Waals surface area (Å²) in [6, 6.07) is 10.5. The zero-order valence-electron chi connectivity index (χ0n) is 13.3. The maximum Gasteiger partial charge on any atom is 0.273 e. The molecule has 1 unspecified atom stereocenters. The third-order valence-corrected chi connectivity index (χ3v) is 3.50. The number of rotatable bonds is 4. The fraction of sp³-hybridized carbons (Fsp3) is 0.294. The fourth-order valence-electron chi connectivity index (χ4n) is 2.31. The van der Waals surface area contributed by atoms with E-state index in [1.807, 2.05) is 6.07 Å². The Labute approximate surface area is 134 Å². The summed E-state index contributed by atoms with van der Waals surface area (Å²) >= 11 is 0. The molecule has 122 valence electrons. The molecule has 0 aliphatic carbocycles. The lowest BCUT2D eigenvalue weighted by molar-refractivity contribution is -0.126. The molecule has 2 aromatic rings. The van der Waals surface area contributed by atoms with Gasteiger partial charge in [0.25, 0.3) is 5.91 Å². The molecule has 0 bridgehead atoms. The van der Waals surface area contributed by atoms with Crippen molar-refractivity contribution in [2.75, 3.05) is 0 Å². The summed E-state index contributed by atoms with van der Waals surface area (Å²) in [6.45, 7) is 4.96. The molecule has 1 heterocycles. The first kappa shape index (κ1) is 16.8. The largest absolute Gasteiger partial charge is 0.466 e. The highest BCUT2D eigenvalue weighted by atomic mass is 16.3. The predicted molar refractivity (Wildman–Crippen MR) is 84.4 cm³/mol. The zero-order valence-corrected chi connectivity index (χ0v) is 13.3. The molecule has 0 saturated heterocycles. The van der Waals surface area contributed by atoms with Crippen molar-refractivity contribution in [1.82, 2.24) is 10.9 Å². The Morgan fingerprint density at radius 3 is 2.39 bits per heavy atom. The van der Waals surface area contributed by atoms with Crippen LogP contribution < -0.4 is 10.9 Å². The van der Waals surface area contributed by atoms with E-state index in [0.29, 0.717) is 22.6 Å². The lowest BCUT2D eigenvalue weighted by Crippen LogP contribution is -2.44. The van der Waals surface area contributed by atoms with Crippen molar-refractivity contribution in [2.24, 2.45) is 0 Å². The molecule has 0 aliphatic heterocycles. The third-order valence-electron chi connectivity index (χ3n) is 3.50. The van der Waals surface area contributed by atoms with Crippen LogP contribution in [0.5, 0.6) is 0 Å². The van der Waals surface area contributed by atoms with Crippen LogP contribution in [0.1, 0.15) is 40.8 Å². The van der Waals surface area contributed by atoms with Crippen molar-refractivity contribution in [3.8, 4) is 0 Å². The summed E-state index contributed by atoms with van der Waals surface area (Å²) in [5, 5.41) is 10.4. The van der Waals surface area contributed by atoms with Crippen molar-refractivity contribution < 1.29 is 19.1 Å². The molecule has 23 heavy (non-hydrogen) atoms. The number of hydrazine groups is 1. The summed E-state index contributed by atoms with van der Waals surface area (Å²) in [4.78, 5) is 23.9. The molecular weight excluding hydrogens is 296 g/mol. The van der Waals surface area contributed by atoms with Crippen molar-refractivity contribution in [2.45, 2.75) is 32.8 Å². The number of nitrogens with one attached hydrogen (secondary N) is 2. The molecule has 2 rings (SSSR count). The number of carbonyl (C=O) groups excluding carboxylic acids is 2. The quantitative estimate of drug-likeness (QED) is 0.752. The average molecular weight is 316 g/mol. The van der Waals surface area contributed by atoms with Crippen molar-refractivity contribution in [3.63, 3.8) is 0 Å². The van der Waals surface area contributed by atoms with Gasteiger partial charge in [0.1, 0.15) is 11.5 Å². The third kappa shape index (κ3) is 4.20. The summed E-state index contributed by atoms with van der Waals surface area (Å²) in [5.74, 6) is 0.133. The molecular formula is C17H20N2O4. The van der Waals surface area contributed by atoms with E-state index in [2.05, 4.69) is 10.9 Å². The Morgan fingerprint density at radius 2 is 1.83 bits per heavy atom. The van der Waals surface area contributed by atoms with Gasteiger partial charge in [0.15, 0.2) is 0 Å². The van der Waals surface area contributed by atoms with E-state index < -0.39 is 17.4 Å². The maximum absolute atomic E-state index is 12.0. The monoisotopic (exact) mass is 316 g/mol. The molecule has 0 spiro atoms. The number of benzene rings is 1. The van der Waals surface area contributed by atoms with Crippen LogP contribution in [0.15, 0.2) is 40.8 Å². The highest BCUT2D eigenvalue weighted by molar-refractivity contribution is 5.96. The number of carbonyl (C=O) groups is 2. The van der Waals surface area contributed by atoms with Gasteiger partial charge in [-0.1, -0.05) is 30.3 Å². The van der Waals surface area contributed by atoms with Gasteiger partial charge in [0.2, 0.25) is 5.91 Å². The second kappa shape index (κ2) is 6.66. The Kier molecular flexibility index (Phi) is 4.86. The number of aryl methyl sites for hydroxylation is 2. The van der Waals surface area contributed by atoms with Crippen LogP contribution in [0.2, 0.25) is 0 Å². The first-order valence-electron chi connectivity index (χ1n) is 7.24. The van der Waals surface area contributed by atoms with Gasteiger partial charge in [-0.05, 0) is 32.4 Å². The first-order valence-corrected chi connectivity index (χ1v) is 7.24. The van der Waals surface area contributed by atoms with Crippen molar-refractivity contribution in [1.29, 1.82) is 0 Å². The fourth-order valence-corrected chi connectivity index (χ4v) is 2.31. The van der Waals surface area contributed by atoms with Gasteiger partial charge in [-0.3, -0.25) is 20.4 Å². The molecule has 0 aliphatic rings. The van der Waals surface area contributed by atoms with Gasteiger partial charge in [0, 0.05) is 0 Å². The van der Waals surface area contributed by atoms with Crippen molar-refractivity contribution >= 4 is 11.8 Å². The van der Waals surface area contributed by atoms with Crippen molar-refractivity contribution in [3.05, 3.63) is 59.0 Å². The molecule has 1 atom stereocenters. The summed E-state index contributed by atoms with van der Waals surface area (Å²) in [6.07, 6.45) is -0.180. The van der Waals surface area contributed by atoms with E-state index in [1.165, 1.54) is 0 Å². The van der Waals surface area contributed by atoms with Gasteiger partial charge < -0.3 is 9.52 Å². The van der Waals surface area contributed by atoms with Gasteiger partial charge in [-0.25, -0.2) is 0 Å². The highest BCUT2D eigenvalue weighted by Crippen LogP contribution is 2.23. The number of aliphatic hydroxyl groups is 1. The van der Waals surface area contributed by atoms with E-state index in [1.54, 1.807) is 51.1 Å². The predicted octanol–water partition coefficient (Wildman–Crippen LogP) is 1.96. The van der Waals surface area contributed by atoms with Crippen LogP contribution in [0.25, 0.3) is 0 Å². The normalized spacial score (nSPS) is 13.2. The summed E-state index contributed by atoms with van der Waals surface area (Å²) < 4.78 is 5.27. The molecule has 3 N–H and O–H groups in total. The smallest absolute Gasteiger partial charge is 0.273 e. The second-order valence-electron chi connectivity index (χ2n) is 5.65. The maximum atomic E-state index is 12.0. The van der Waals surface area contributed by atoms with E-state index >= 15 is 0 Å². The molecule has 2 amide bonds. The van der Waals surface area contributed by atoms with Crippen LogP contribution in [-0.2, 0) is 10.4 Å². The van der Waals surface area contributed by atoms with Gasteiger partial charge in [-0.15, -0.1) is 0 Å². The van der Waals surface area contributed by atoms with Crippen LogP contribution in [0.4, 0.5) is 0 Å². The van der Waals surface area contributed by atoms with Gasteiger partial charge in [-0.2, -0.15) is 0 Å². The van der Waals surface area contributed by atoms with Crippen LogP contribution in [0.3, 0.4) is 0 Å². The minimum Gasteiger partial charge on any atom is -0.466 e. The van der Waals surface area contributed by atoms with Crippen LogP contribution >= 0.6 is 0 Å². The van der Waals surface area contributed by atoms with E-state index in [0.717, 1.165) is 0 Å². The highest BCUT2D eigenvalue weighted by Gasteiger charge is 2.26. The summed E-state index contributed by atoms with van der Waals surface area (Å²) in [7, 11) is 0. The topological polar surface area (TPSA) is 91.6 Å². The molecule has 1 aromatic heterocycles. The van der Waals surface area contributed by atoms with Crippen LogP contribution in [0, 0.1) is 13.8 Å². The Balaban J connectivity index is 1.92. The second-order valence-corrected chi connectivity index (χ2v) is 5.65. The Bertz CT molecular complexity index is 705. The molecule has 6 heteroatoms. The molecule has 0 fully saturated rings. The van der Waals surface area contributed by atoms with Crippen LogP contribution in [-0.4, -0.2) is 16.9 Å². The lowest BCUT2D eigenvalue weighted by Gasteiger charge is -2.23. The SMILES string of the molecule is Cc1cc(C(=O)NNC(=O)CC(C)(O)c2ccccc2)c(C)o1. The molecule has 0 radical (unpaired) electrons. The van der Waals surface area contributed by atoms with E-state index in [9.17, 15) is 14.7 Å². The average Bonchev–Trinajstić information content (AvgIpc) is 2.84. The number of hydrogen-bond acceptors (Lipinski definition) is 4. The molecule has 0 saturated carbocycles. The Hall–Kier alpha value is -2.60.